The van der Waals surface area contributed by atoms with E-state index in [9.17, 15) is 8.42 Å². The number of piperidine rings is 1. The van der Waals surface area contributed by atoms with Crippen LogP contribution in [0.2, 0.25) is 0 Å². The molecule has 88 valence electrons. The van der Waals surface area contributed by atoms with E-state index in [-0.39, 0.29) is 6.04 Å². The maximum Gasteiger partial charge on any atom is 0.282 e. The lowest BCUT2D eigenvalue weighted by molar-refractivity contribution is 0.218. The van der Waals surface area contributed by atoms with Gasteiger partial charge in [-0.15, -0.1) is 0 Å². The van der Waals surface area contributed by atoms with Crippen LogP contribution in [0.5, 0.6) is 0 Å². The van der Waals surface area contributed by atoms with Gasteiger partial charge in [0.05, 0.1) is 0 Å². The van der Waals surface area contributed by atoms with Gasteiger partial charge in [0.15, 0.2) is 0 Å². The average molecular weight is 233 g/mol. The summed E-state index contributed by atoms with van der Waals surface area (Å²) < 4.78 is 27.1. The smallest absolute Gasteiger partial charge is 0.282 e. The van der Waals surface area contributed by atoms with Crippen LogP contribution in [0.4, 0.5) is 0 Å². The van der Waals surface area contributed by atoms with E-state index in [1.807, 2.05) is 0 Å². The van der Waals surface area contributed by atoms with Gasteiger partial charge in [0.2, 0.25) is 0 Å². The summed E-state index contributed by atoms with van der Waals surface area (Å²) in [4.78, 5) is 0. The van der Waals surface area contributed by atoms with Crippen LogP contribution in [-0.2, 0) is 10.2 Å². The van der Waals surface area contributed by atoms with E-state index < -0.39 is 10.2 Å². The van der Waals surface area contributed by atoms with Gasteiger partial charge in [0.1, 0.15) is 0 Å². The number of nitrogens with two attached hydrogens (primary N) is 1. The van der Waals surface area contributed by atoms with Crippen molar-refractivity contribution >= 4 is 10.2 Å². The molecule has 0 amide bonds. The summed E-state index contributed by atoms with van der Waals surface area (Å²) in [5, 5.41) is 0. The van der Waals surface area contributed by atoms with Crippen molar-refractivity contribution < 1.29 is 8.42 Å². The highest BCUT2D eigenvalue weighted by Crippen LogP contribution is 2.22. The molecule has 2 heterocycles. The predicted molar refractivity (Wildman–Crippen MR) is 58.4 cm³/mol. The first-order valence-electron chi connectivity index (χ1n) is 5.51. The molecule has 0 bridgehead atoms. The molecule has 2 saturated heterocycles. The molecular weight excluding hydrogens is 214 g/mol. The van der Waals surface area contributed by atoms with Crippen LogP contribution in [-0.4, -0.2) is 49.2 Å². The molecule has 0 unspecified atom stereocenters. The van der Waals surface area contributed by atoms with Crippen LogP contribution in [0.3, 0.4) is 0 Å². The zero-order chi connectivity index (χ0) is 11.1. The van der Waals surface area contributed by atoms with Gasteiger partial charge in [-0.1, -0.05) is 6.92 Å². The second-order valence-electron chi connectivity index (χ2n) is 4.67. The van der Waals surface area contributed by atoms with Crippen molar-refractivity contribution in [2.24, 2.45) is 11.7 Å². The molecule has 0 aromatic heterocycles. The molecule has 0 aromatic rings. The molecule has 5 nitrogen and oxygen atoms in total. The first-order valence-corrected chi connectivity index (χ1v) is 6.90. The van der Waals surface area contributed by atoms with Crippen LogP contribution < -0.4 is 5.73 Å². The minimum Gasteiger partial charge on any atom is -0.325 e. The van der Waals surface area contributed by atoms with Gasteiger partial charge in [-0.2, -0.15) is 17.0 Å². The van der Waals surface area contributed by atoms with E-state index in [1.54, 1.807) is 4.31 Å². The van der Waals surface area contributed by atoms with E-state index in [4.69, 9.17) is 5.73 Å². The maximum absolute atomic E-state index is 12.0. The molecule has 2 aliphatic rings. The third-order valence-electron chi connectivity index (χ3n) is 3.27. The van der Waals surface area contributed by atoms with Crippen molar-refractivity contribution in [1.29, 1.82) is 0 Å². The van der Waals surface area contributed by atoms with Gasteiger partial charge >= 0.3 is 0 Å². The van der Waals surface area contributed by atoms with Gasteiger partial charge in [-0.3, -0.25) is 0 Å². The molecule has 0 radical (unpaired) electrons. The fourth-order valence-corrected chi connectivity index (χ4v) is 3.80. The van der Waals surface area contributed by atoms with Crippen molar-refractivity contribution in [2.45, 2.75) is 25.8 Å². The third kappa shape index (κ3) is 2.18. The highest BCUT2D eigenvalue weighted by Gasteiger charge is 2.38. The lowest BCUT2D eigenvalue weighted by Crippen LogP contribution is -2.61. The molecule has 0 aliphatic carbocycles. The van der Waals surface area contributed by atoms with Crippen molar-refractivity contribution in [3.63, 3.8) is 0 Å². The molecule has 2 N–H and O–H groups in total. The summed E-state index contributed by atoms with van der Waals surface area (Å²) in [6.45, 7) is 4.46. The Labute approximate surface area is 91.4 Å². The highest BCUT2D eigenvalue weighted by atomic mass is 32.2. The zero-order valence-electron chi connectivity index (χ0n) is 9.09. The largest absolute Gasteiger partial charge is 0.325 e. The summed E-state index contributed by atoms with van der Waals surface area (Å²) in [7, 11) is -3.19. The van der Waals surface area contributed by atoms with Gasteiger partial charge < -0.3 is 5.73 Å². The first-order chi connectivity index (χ1) is 7.00. The first kappa shape index (κ1) is 11.3. The van der Waals surface area contributed by atoms with Crippen LogP contribution in [0.15, 0.2) is 0 Å². The van der Waals surface area contributed by atoms with Gasteiger partial charge in [0, 0.05) is 32.2 Å². The SMILES string of the molecule is CC1CCN(S(=O)(=O)N2CC(N)C2)CC1. The van der Waals surface area contributed by atoms with E-state index in [0.29, 0.717) is 32.1 Å². The number of hydrogen-bond donors (Lipinski definition) is 1. The molecule has 0 spiro atoms. The summed E-state index contributed by atoms with van der Waals surface area (Å²) in [6, 6.07) is 0.0310. The lowest BCUT2D eigenvalue weighted by atomic mass is 10.0. The molecule has 15 heavy (non-hydrogen) atoms. The fourth-order valence-electron chi connectivity index (χ4n) is 2.04. The highest BCUT2D eigenvalue weighted by molar-refractivity contribution is 7.86. The quantitative estimate of drug-likeness (QED) is 0.706. The van der Waals surface area contributed by atoms with Crippen LogP contribution >= 0.6 is 0 Å². The van der Waals surface area contributed by atoms with Crippen molar-refractivity contribution in [1.82, 2.24) is 8.61 Å². The Balaban J connectivity index is 1.97. The summed E-state index contributed by atoms with van der Waals surface area (Å²) in [6.07, 6.45) is 1.94. The standard InChI is InChI=1S/C9H19N3O2S/c1-8-2-4-11(5-3-8)15(13,14)12-6-9(10)7-12/h8-9H,2-7,10H2,1H3. The number of nitrogens with zero attached hydrogens (tertiary/aromatic N) is 2. The molecule has 2 rings (SSSR count). The Hall–Kier alpha value is -0.170. The lowest BCUT2D eigenvalue weighted by Gasteiger charge is -2.40. The molecule has 0 aromatic carbocycles. The molecule has 0 atom stereocenters. The Bertz CT molecular complexity index is 316. The molecule has 6 heteroatoms. The minimum absolute atomic E-state index is 0.0310. The molecule has 2 fully saturated rings. The van der Waals surface area contributed by atoms with E-state index >= 15 is 0 Å². The average Bonchev–Trinajstić information content (AvgIpc) is 2.13. The maximum atomic E-state index is 12.0. The van der Waals surface area contributed by atoms with Crippen LogP contribution in [0.1, 0.15) is 19.8 Å². The van der Waals surface area contributed by atoms with E-state index in [1.165, 1.54) is 4.31 Å². The molecule has 2 aliphatic heterocycles. The summed E-state index contributed by atoms with van der Waals surface area (Å²) in [5.41, 5.74) is 5.59. The zero-order valence-corrected chi connectivity index (χ0v) is 9.91. The van der Waals surface area contributed by atoms with Crippen LogP contribution in [0.25, 0.3) is 0 Å². The van der Waals surface area contributed by atoms with E-state index in [2.05, 4.69) is 6.92 Å². The number of rotatable bonds is 2. The summed E-state index contributed by atoms with van der Waals surface area (Å²) in [5.74, 6) is 0.648. The normalized spacial score (nSPS) is 27.9. The van der Waals surface area contributed by atoms with Crippen LogP contribution in [0, 0.1) is 5.92 Å². The van der Waals surface area contributed by atoms with Gasteiger partial charge in [0.25, 0.3) is 10.2 Å². The second-order valence-corrected chi connectivity index (χ2v) is 6.59. The number of hydrogen-bond acceptors (Lipinski definition) is 3. The van der Waals surface area contributed by atoms with E-state index in [0.717, 1.165) is 12.8 Å². The Morgan fingerprint density at radius 2 is 1.67 bits per heavy atom. The molecular formula is C9H19N3O2S. The van der Waals surface area contributed by atoms with Crippen molar-refractivity contribution in [3.05, 3.63) is 0 Å². The Morgan fingerprint density at radius 1 is 1.13 bits per heavy atom. The fraction of sp³-hybridized carbons (Fsp3) is 1.00. The Morgan fingerprint density at radius 3 is 2.13 bits per heavy atom. The predicted octanol–water partition coefficient (Wildman–Crippen LogP) is -0.394. The topological polar surface area (TPSA) is 66.6 Å². The second kappa shape index (κ2) is 4.01. The summed E-state index contributed by atoms with van der Waals surface area (Å²) >= 11 is 0. The van der Waals surface area contributed by atoms with Gasteiger partial charge in [-0.05, 0) is 18.8 Å². The third-order valence-corrected chi connectivity index (χ3v) is 5.24. The Kier molecular flexibility index (Phi) is 3.03. The van der Waals surface area contributed by atoms with Crippen molar-refractivity contribution in [2.75, 3.05) is 26.2 Å². The molecule has 0 saturated carbocycles. The minimum atomic E-state index is -3.19. The monoisotopic (exact) mass is 233 g/mol. The van der Waals surface area contributed by atoms with Gasteiger partial charge in [-0.25, -0.2) is 0 Å². The van der Waals surface area contributed by atoms with Crippen molar-refractivity contribution in [3.8, 4) is 0 Å².